The van der Waals surface area contributed by atoms with E-state index in [9.17, 15) is 0 Å². The van der Waals surface area contributed by atoms with Gasteiger partial charge >= 0.3 is 0 Å². The first-order valence-corrected chi connectivity index (χ1v) is 9.13. The first-order chi connectivity index (χ1) is 11.2. The largest absolute Gasteiger partial charge is 0.356 e. The van der Waals surface area contributed by atoms with E-state index in [-0.39, 0.29) is 0 Å². The van der Waals surface area contributed by atoms with Crippen LogP contribution in [0.2, 0.25) is 0 Å². The summed E-state index contributed by atoms with van der Waals surface area (Å²) >= 11 is 1.82. The minimum atomic E-state index is 0.499. The number of guanidine groups is 1. The molecule has 3 nitrogen and oxygen atoms in total. The monoisotopic (exact) mass is 327 g/mol. The van der Waals surface area contributed by atoms with E-state index in [1.807, 2.05) is 18.4 Å². The summed E-state index contributed by atoms with van der Waals surface area (Å²) in [5.74, 6) is 2.03. The van der Waals surface area contributed by atoms with Gasteiger partial charge in [-0.25, -0.2) is 0 Å². The molecule has 0 spiro atoms. The molecular formula is C19H25N3S. The molecule has 1 aromatic carbocycles. The van der Waals surface area contributed by atoms with Crippen LogP contribution in [0.5, 0.6) is 0 Å². The Balaban J connectivity index is 1.50. The quantitative estimate of drug-likeness (QED) is 0.646. The van der Waals surface area contributed by atoms with Crippen molar-refractivity contribution in [2.24, 2.45) is 4.99 Å². The second-order valence-electron chi connectivity index (χ2n) is 6.32. The number of hydrogen-bond donors (Lipinski definition) is 2. The molecule has 4 heteroatoms. The third-order valence-corrected chi connectivity index (χ3v) is 5.63. The number of benzene rings is 1. The molecule has 2 aromatic rings. The van der Waals surface area contributed by atoms with E-state index in [0.29, 0.717) is 17.9 Å². The van der Waals surface area contributed by atoms with Crippen LogP contribution in [0.25, 0.3) is 0 Å². The van der Waals surface area contributed by atoms with Gasteiger partial charge in [0, 0.05) is 36.3 Å². The van der Waals surface area contributed by atoms with Crippen LogP contribution in [-0.4, -0.2) is 25.6 Å². The Bertz CT molecular complexity index is 663. The van der Waals surface area contributed by atoms with Gasteiger partial charge in [-0.3, -0.25) is 4.99 Å². The van der Waals surface area contributed by atoms with Crippen LogP contribution >= 0.6 is 11.3 Å². The van der Waals surface area contributed by atoms with E-state index < -0.39 is 0 Å². The van der Waals surface area contributed by atoms with Crippen molar-refractivity contribution in [3.05, 3.63) is 57.8 Å². The van der Waals surface area contributed by atoms with Crippen LogP contribution in [0, 0.1) is 6.92 Å². The molecule has 1 saturated carbocycles. The summed E-state index contributed by atoms with van der Waals surface area (Å²) in [6, 6.07) is 13.5. The Kier molecular flexibility index (Phi) is 5.01. The summed E-state index contributed by atoms with van der Waals surface area (Å²) in [4.78, 5) is 5.78. The zero-order chi connectivity index (χ0) is 16.2. The molecule has 0 bridgehead atoms. The topological polar surface area (TPSA) is 36.4 Å². The van der Waals surface area contributed by atoms with Crippen LogP contribution in [-0.2, 0) is 0 Å². The minimum absolute atomic E-state index is 0.499. The highest BCUT2D eigenvalue weighted by Crippen LogP contribution is 2.42. The molecule has 1 aromatic heterocycles. The number of aryl methyl sites for hydroxylation is 1. The maximum absolute atomic E-state index is 4.37. The van der Waals surface area contributed by atoms with E-state index in [2.05, 4.69) is 71.3 Å². The second-order valence-corrected chi connectivity index (χ2v) is 7.30. The summed E-state index contributed by atoms with van der Waals surface area (Å²) < 4.78 is 0. The number of nitrogens with zero attached hydrogens (tertiary/aromatic N) is 1. The van der Waals surface area contributed by atoms with Crippen LogP contribution in [0.1, 0.15) is 41.2 Å². The van der Waals surface area contributed by atoms with Crippen molar-refractivity contribution in [3.8, 4) is 0 Å². The highest BCUT2D eigenvalue weighted by atomic mass is 32.1. The molecule has 23 heavy (non-hydrogen) atoms. The maximum atomic E-state index is 4.37. The predicted octanol–water partition coefficient (Wildman–Crippen LogP) is 3.88. The Morgan fingerprint density at radius 3 is 2.83 bits per heavy atom. The molecule has 1 heterocycles. The van der Waals surface area contributed by atoms with Gasteiger partial charge < -0.3 is 10.6 Å². The lowest BCUT2D eigenvalue weighted by atomic mass is 10.0. The number of nitrogens with one attached hydrogen (secondary N) is 2. The molecule has 1 fully saturated rings. The van der Waals surface area contributed by atoms with E-state index in [4.69, 9.17) is 0 Å². The molecule has 0 radical (unpaired) electrons. The van der Waals surface area contributed by atoms with Crippen molar-refractivity contribution in [3.63, 3.8) is 0 Å². The lowest BCUT2D eigenvalue weighted by molar-refractivity contribution is 0.704. The van der Waals surface area contributed by atoms with Crippen molar-refractivity contribution >= 4 is 17.3 Å². The molecular weight excluding hydrogens is 302 g/mol. The Morgan fingerprint density at radius 2 is 2.13 bits per heavy atom. The first-order valence-electron chi connectivity index (χ1n) is 8.25. The molecule has 0 aliphatic heterocycles. The Hall–Kier alpha value is -1.81. The minimum Gasteiger partial charge on any atom is -0.356 e. The fourth-order valence-electron chi connectivity index (χ4n) is 2.99. The molecule has 3 rings (SSSR count). The van der Waals surface area contributed by atoms with Gasteiger partial charge in [0.2, 0.25) is 0 Å². The fourth-order valence-corrected chi connectivity index (χ4v) is 3.78. The van der Waals surface area contributed by atoms with Gasteiger partial charge in [0.25, 0.3) is 0 Å². The molecule has 1 aliphatic rings. The summed E-state index contributed by atoms with van der Waals surface area (Å²) in [6.45, 7) is 5.35. The van der Waals surface area contributed by atoms with Crippen molar-refractivity contribution in [1.29, 1.82) is 0 Å². The predicted molar refractivity (Wildman–Crippen MR) is 99.6 cm³/mol. The van der Waals surface area contributed by atoms with Gasteiger partial charge in [-0.2, -0.15) is 0 Å². The Morgan fingerprint density at radius 1 is 1.30 bits per heavy atom. The van der Waals surface area contributed by atoms with Gasteiger partial charge in [0.1, 0.15) is 0 Å². The third-order valence-electron chi connectivity index (χ3n) is 4.53. The Labute approximate surface area is 142 Å². The molecule has 3 atom stereocenters. The fraction of sp³-hybridized carbons (Fsp3) is 0.421. The van der Waals surface area contributed by atoms with Gasteiger partial charge in [0.15, 0.2) is 5.96 Å². The summed E-state index contributed by atoms with van der Waals surface area (Å²) in [5.41, 5.74) is 2.85. The highest BCUT2D eigenvalue weighted by molar-refractivity contribution is 7.10. The van der Waals surface area contributed by atoms with Gasteiger partial charge in [-0.05, 0) is 35.9 Å². The van der Waals surface area contributed by atoms with E-state index in [1.165, 1.54) is 22.4 Å². The van der Waals surface area contributed by atoms with Crippen molar-refractivity contribution < 1.29 is 0 Å². The number of thiophene rings is 1. The molecule has 1 aliphatic carbocycles. The summed E-state index contributed by atoms with van der Waals surface area (Å²) in [7, 11) is 1.84. The van der Waals surface area contributed by atoms with Crippen molar-refractivity contribution in [1.82, 2.24) is 10.6 Å². The molecule has 3 unspecified atom stereocenters. The highest BCUT2D eigenvalue weighted by Gasteiger charge is 2.39. The zero-order valence-electron chi connectivity index (χ0n) is 14.0. The third kappa shape index (κ3) is 3.94. The van der Waals surface area contributed by atoms with Crippen LogP contribution in [0.15, 0.2) is 46.8 Å². The second kappa shape index (κ2) is 7.18. The lowest BCUT2D eigenvalue weighted by Crippen LogP contribution is -2.40. The van der Waals surface area contributed by atoms with Crippen molar-refractivity contribution in [2.75, 3.05) is 13.6 Å². The molecule has 0 amide bonds. The summed E-state index contributed by atoms with van der Waals surface area (Å²) in [6.07, 6.45) is 1.19. The smallest absolute Gasteiger partial charge is 0.191 e. The van der Waals surface area contributed by atoms with E-state index in [1.54, 1.807) is 0 Å². The number of rotatable bonds is 5. The first kappa shape index (κ1) is 16.1. The van der Waals surface area contributed by atoms with E-state index in [0.717, 1.165) is 12.5 Å². The van der Waals surface area contributed by atoms with Crippen molar-refractivity contribution in [2.45, 2.75) is 38.1 Å². The van der Waals surface area contributed by atoms with E-state index >= 15 is 0 Å². The lowest BCUT2D eigenvalue weighted by Gasteiger charge is -2.15. The SMILES string of the molecule is CN=C(NCC(C)c1cccs1)NC1CC1c1ccccc1C. The van der Waals surface area contributed by atoms with Crippen LogP contribution in [0.4, 0.5) is 0 Å². The van der Waals surface area contributed by atoms with Crippen LogP contribution < -0.4 is 10.6 Å². The number of aliphatic imine (C=N–C) groups is 1. The maximum Gasteiger partial charge on any atom is 0.191 e. The van der Waals surface area contributed by atoms with Gasteiger partial charge in [0.05, 0.1) is 0 Å². The average Bonchev–Trinajstić information content (AvgIpc) is 3.09. The van der Waals surface area contributed by atoms with Gasteiger partial charge in [-0.1, -0.05) is 37.3 Å². The zero-order valence-corrected chi connectivity index (χ0v) is 14.9. The van der Waals surface area contributed by atoms with Gasteiger partial charge in [-0.15, -0.1) is 11.3 Å². The number of hydrogen-bond acceptors (Lipinski definition) is 2. The molecule has 122 valence electrons. The standard InChI is InChI=1S/C19H25N3S/c1-13-7-4-5-8-15(13)16-11-17(16)22-19(20-3)21-12-14(2)18-9-6-10-23-18/h4-10,14,16-17H,11-12H2,1-3H3,(H2,20,21,22). The normalized spacial score (nSPS) is 21.8. The molecule has 2 N–H and O–H groups in total. The average molecular weight is 327 g/mol. The summed E-state index contributed by atoms with van der Waals surface area (Å²) in [5, 5.41) is 9.16. The van der Waals surface area contributed by atoms with Crippen LogP contribution in [0.3, 0.4) is 0 Å². The molecule has 0 saturated heterocycles.